The van der Waals surface area contributed by atoms with Crippen molar-refractivity contribution in [2.24, 2.45) is 5.92 Å². The summed E-state index contributed by atoms with van der Waals surface area (Å²) in [4.78, 5) is 24.4. The average Bonchev–Trinajstić information content (AvgIpc) is 3.10. The third-order valence-corrected chi connectivity index (χ3v) is 4.17. The molecule has 2 aromatic rings. The van der Waals surface area contributed by atoms with Crippen LogP contribution in [0, 0.1) is 5.92 Å². The summed E-state index contributed by atoms with van der Waals surface area (Å²) in [5, 5.41) is 9.07. The Morgan fingerprint density at radius 1 is 1.20 bits per heavy atom. The minimum atomic E-state index is -0.251. The number of amides is 2. The predicted molar refractivity (Wildman–Crippen MR) is 99.2 cm³/mol. The molecular weight excluding hydrogens is 342 g/mol. The number of piperidine rings is 1. The van der Waals surface area contributed by atoms with Gasteiger partial charge >= 0.3 is 0 Å². The summed E-state index contributed by atoms with van der Waals surface area (Å²) in [7, 11) is 0. The van der Waals surface area contributed by atoms with E-state index in [1.807, 2.05) is 6.07 Å². The Hall–Kier alpha value is -2.31. The van der Waals surface area contributed by atoms with Crippen molar-refractivity contribution in [2.45, 2.75) is 25.8 Å². The lowest BCUT2D eigenvalue weighted by Gasteiger charge is -2.27. The molecule has 1 aromatic carbocycles. The highest BCUT2D eigenvalue weighted by Gasteiger charge is 2.24. The van der Waals surface area contributed by atoms with E-state index < -0.39 is 0 Å². The van der Waals surface area contributed by atoms with E-state index in [0.29, 0.717) is 23.0 Å². The number of hydrogen-bond donors (Lipinski definition) is 3. The Kier molecular flexibility index (Phi) is 6.61. The highest BCUT2D eigenvalue weighted by Crippen LogP contribution is 2.21. The average molecular weight is 364 g/mol. The van der Waals surface area contributed by atoms with E-state index >= 15 is 0 Å². The molecule has 1 aliphatic heterocycles. The predicted octanol–water partition coefficient (Wildman–Crippen LogP) is 3.28. The van der Waals surface area contributed by atoms with Crippen molar-refractivity contribution in [3.63, 3.8) is 0 Å². The van der Waals surface area contributed by atoms with Gasteiger partial charge < -0.3 is 20.4 Å². The molecule has 2 atom stereocenters. The number of furan rings is 1. The molecule has 1 saturated heterocycles. The van der Waals surface area contributed by atoms with E-state index in [-0.39, 0.29) is 30.1 Å². The van der Waals surface area contributed by atoms with Crippen LogP contribution in [-0.2, 0) is 4.79 Å². The summed E-state index contributed by atoms with van der Waals surface area (Å²) in [6.45, 7) is 2.95. The van der Waals surface area contributed by atoms with Gasteiger partial charge in [0, 0.05) is 23.3 Å². The molecule has 3 rings (SSSR count). The van der Waals surface area contributed by atoms with Crippen molar-refractivity contribution in [1.82, 2.24) is 5.32 Å². The van der Waals surface area contributed by atoms with Crippen LogP contribution in [0.1, 0.15) is 30.1 Å². The van der Waals surface area contributed by atoms with Crippen LogP contribution >= 0.6 is 12.4 Å². The maximum absolute atomic E-state index is 12.4. The molecule has 3 N–H and O–H groups in total. The Balaban J connectivity index is 0.00000225. The number of rotatable bonds is 4. The molecule has 0 spiro atoms. The van der Waals surface area contributed by atoms with Gasteiger partial charge in [-0.05, 0) is 50.6 Å². The van der Waals surface area contributed by atoms with E-state index in [1.54, 1.807) is 24.3 Å². The van der Waals surface area contributed by atoms with Crippen molar-refractivity contribution in [3.05, 3.63) is 48.4 Å². The van der Waals surface area contributed by atoms with Crippen LogP contribution < -0.4 is 16.0 Å². The standard InChI is InChI=1S/C18H21N3O3.ClH/c1-12-9-13(5-7-19-12)17(22)20-15-3-2-4-16(10-15)21-18(23)14-6-8-24-11-14;/h2-4,6,8,10-13,19H,5,7,9H2,1H3,(H,20,22)(H,21,23);1H/t12-,13-;/m0./s1. The molecule has 1 aliphatic rings. The second-order valence-electron chi connectivity index (χ2n) is 6.11. The summed E-state index contributed by atoms with van der Waals surface area (Å²) >= 11 is 0. The van der Waals surface area contributed by atoms with E-state index in [9.17, 15) is 9.59 Å². The number of halogens is 1. The number of anilines is 2. The first-order valence-electron chi connectivity index (χ1n) is 8.09. The van der Waals surface area contributed by atoms with Crippen LogP contribution in [0.4, 0.5) is 11.4 Å². The zero-order valence-corrected chi connectivity index (χ0v) is 14.8. The van der Waals surface area contributed by atoms with Gasteiger partial charge in [-0.15, -0.1) is 12.4 Å². The molecule has 0 bridgehead atoms. The fraction of sp³-hybridized carbons (Fsp3) is 0.333. The smallest absolute Gasteiger partial charge is 0.258 e. The van der Waals surface area contributed by atoms with Crippen LogP contribution in [0.5, 0.6) is 0 Å². The molecule has 2 heterocycles. The second-order valence-corrected chi connectivity index (χ2v) is 6.11. The van der Waals surface area contributed by atoms with Gasteiger partial charge in [-0.25, -0.2) is 0 Å². The van der Waals surface area contributed by atoms with E-state index in [0.717, 1.165) is 19.4 Å². The topological polar surface area (TPSA) is 83.4 Å². The third kappa shape index (κ3) is 5.08. The Morgan fingerprint density at radius 3 is 2.64 bits per heavy atom. The summed E-state index contributed by atoms with van der Waals surface area (Å²) in [6, 6.07) is 9.09. The van der Waals surface area contributed by atoms with Crippen LogP contribution in [0.25, 0.3) is 0 Å². The normalized spacial score (nSPS) is 19.6. The molecule has 6 nitrogen and oxygen atoms in total. The van der Waals surface area contributed by atoms with Crippen molar-refractivity contribution in [1.29, 1.82) is 0 Å². The van der Waals surface area contributed by atoms with Gasteiger partial charge in [-0.3, -0.25) is 9.59 Å². The van der Waals surface area contributed by atoms with E-state index in [1.165, 1.54) is 12.5 Å². The van der Waals surface area contributed by atoms with Crippen molar-refractivity contribution < 1.29 is 14.0 Å². The van der Waals surface area contributed by atoms with Crippen LogP contribution in [0.2, 0.25) is 0 Å². The molecule has 7 heteroatoms. The largest absolute Gasteiger partial charge is 0.472 e. The van der Waals surface area contributed by atoms with Gasteiger partial charge in [0.1, 0.15) is 6.26 Å². The van der Waals surface area contributed by atoms with Gasteiger partial charge in [0.15, 0.2) is 0 Å². The number of benzene rings is 1. The minimum absolute atomic E-state index is 0. The molecule has 1 fully saturated rings. The Bertz CT molecular complexity index is 718. The SMILES string of the molecule is C[C@H]1C[C@@H](C(=O)Nc2cccc(NC(=O)c3ccoc3)c2)CCN1.Cl. The lowest BCUT2D eigenvalue weighted by molar-refractivity contribution is -0.120. The van der Waals surface area contributed by atoms with E-state index in [2.05, 4.69) is 22.9 Å². The summed E-state index contributed by atoms with van der Waals surface area (Å²) < 4.78 is 4.90. The minimum Gasteiger partial charge on any atom is -0.472 e. The number of carbonyl (C=O) groups excluding carboxylic acids is 2. The Morgan fingerprint density at radius 2 is 1.96 bits per heavy atom. The van der Waals surface area contributed by atoms with Gasteiger partial charge in [-0.1, -0.05) is 6.07 Å². The monoisotopic (exact) mass is 363 g/mol. The molecular formula is C18H22ClN3O3. The first-order valence-corrected chi connectivity index (χ1v) is 8.09. The van der Waals surface area contributed by atoms with Crippen LogP contribution in [-0.4, -0.2) is 24.4 Å². The molecule has 0 radical (unpaired) electrons. The van der Waals surface area contributed by atoms with Gasteiger partial charge in [-0.2, -0.15) is 0 Å². The third-order valence-electron chi connectivity index (χ3n) is 4.17. The number of carbonyl (C=O) groups is 2. The molecule has 25 heavy (non-hydrogen) atoms. The van der Waals surface area contributed by atoms with Crippen LogP contribution in [0.15, 0.2) is 47.3 Å². The van der Waals surface area contributed by atoms with E-state index in [4.69, 9.17) is 4.42 Å². The molecule has 134 valence electrons. The lowest BCUT2D eigenvalue weighted by Crippen LogP contribution is -2.40. The van der Waals surface area contributed by atoms with Crippen LogP contribution in [0.3, 0.4) is 0 Å². The fourth-order valence-corrected chi connectivity index (χ4v) is 2.89. The molecule has 0 aliphatic carbocycles. The Labute approximate surface area is 152 Å². The first-order chi connectivity index (χ1) is 11.6. The molecule has 0 saturated carbocycles. The van der Waals surface area contributed by atoms with Gasteiger partial charge in [0.05, 0.1) is 11.8 Å². The second kappa shape index (κ2) is 8.69. The fourth-order valence-electron chi connectivity index (χ4n) is 2.89. The highest BCUT2D eigenvalue weighted by molar-refractivity contribution is 6.04. The summed E-state index contributed by atoms with van der Waals surface area (Å²) in [5.41, 5.74) is 1.75. The lowest BCUT2D eigenvalue weighted by atomic mass is 9.92. The number of nitrogens with one attached hydrogen (secondary N) is 3. The first kappa shape index (κ1) is 19.0. The summed E-state index contributed by atoms with van der Waals surface area (Å²) in [5.74, 6) is -0.202. The van der Waals surface area contributed by atoms with Crippen molar-refractivity contribution in [3.8, 4) is 0 Å². The zero-order valence-electron chi connectivity index (χ0n) is 14.0. The van der Waals surface area contributed by atoms with Gasteiger partial charge in [0.2, 0.25) is 5.91 Å². The summed E-state index contributed by atoms with van der Waals surface area (Å²) in [6.07, 6.45) is 4.51. The highest BCUT2D eigenvalue weighted by atomic mass is 35.5. The van der Waals surface area contributed by atoms with Crippen molar-refractivity contribution >= 4 is 35.6 Å². The molecule has 0 unspecified atom stereocenters. The van der Waals surface area contributed by atoms with Gasteiger partial charge in [0.25, 0.3) is 5.91 Å². The molecule has 1 aromatic heterocycles. The maximum atomic E-state index is 12.4. The molecule has 2 amide bonds. The maximum Gasteiger partial charge on any atom is 0.258 e. The zero-order chi connectivity index (χ0) is 16.9. The number of hydrogen-bond acceptors (Lipinski definition) is 4. The van der Waals surface area contributed by atoms with Crippen molar-refractivity contribution in [2.75, 3.05) is 17.2 Å². The quantitative estimate of drug-likeness (QED) is 0.778.